The van der Waals surface area contributed by atoms with E-state index in [2.05, 4.69) is 46.8 Å². The Labute approximate surface area is 192 Å². The summed E-state index contributed by atoms with van der Waals surface area (Å²) in [5.74, 6) is 3.20. The van der Waals surface area contributed by atoms with E-state index in [1.54, 1.807) is 0 Å². The van der Waals surface area contributed by atoms with Gasteiger partial charge in [0.25, 0.3) is 0 Å². The zero-order valence-electron chi connectivity index (χ0n) is 19.2. The van der Waals surface area contributed by atoms with Crippen LogP contribution in [0.15, 0.2) is 36.9 Å². The average molecular weight is 432 g/mol. The minimum atomic E-state index is 0.401. The van der Waals surface area contributed by atoms with Crippen LogP contribution in [0.4, 0.5) is 11.8 Å². The SMILES string of the molecule is C=CCC(Nc1nc(NCC2CCCCC2)nc2c(C3=CCNCC3)cccc12)C1CC1. The highest BCUT2D eigenvalue weighted by Gasteiger charge is 2.31. The smallest absolute Gasteiger partial charge is 0.225 e. The van der Waals surface area contributed by atoms with E-state index in [0.29, 0.717) is 6.04 Å². The lowest BCUT2D eigenvalue weighted by atomic mass is 9.89. The summed E-state index contributed by atoms with van der Waals surface area (Å²) in [6, 6.07) is 6.96. The number of hydrogen-bond acceptors (Lipinski definition) is 5. The van der Waals surface area contributed by atoms with Crippen LogP contribution in [0.5, 0.6) is 0 Å². The Balaban J connectivity index is 1.50. The van der Waals surface area contributed by atoms with Gasteiger partial charge in [0.1, 0.15) is 5.82 Å². The monoisotopic (exact) mass is 431 g/mol. The number of nitrogens with zero attached hydrogens (tertiary/aromatic N) is 2. The van der Waals surface area contributed by atoms with E-state index >= 15 is 0 Å². The van der Waals surface area contributed by atoms with Crippen LogP contribution in [0.1, 0.15) is 63.4 Å². The fourth-order valence-electron chi connectivity index (χ4n) is 5.32. The highest BCUT2D eigenvalue weighted by molar-refractivity contribution is 5.97. The molecule has 2 heterocycles. The molecule has 1 aliphatic heterocycles. The van der Waals surface area contributed by atoms with E-state index in [1.165, 1.54) is 56.1 Å². The van der Waals surface area contributed by atoms with Crippen LogP contribution in [0, 0.1) is 11.8 Å². The molecule has 2 aliphatic carbocycles. The van der Waals surface area contributed by atoms with Crippen molar-refractivity contribution in [3.8, 4) is 0 Å². The topological polar surface area (TPSA) is 61.9 Å². The standard InChI is InChI=1S/C27H37N5/c1-2-7-24(21-12-13-21)30-26-23-11-6-10-22(20-14-16-28-17-15-20)25(23)31-27(32-26)29-18-19-8-4-3-5-9-19/h2,6,10-11,14,19,21,24,28H,1,3-5,7-9,12-13,15-18H2,(H2,29,30,31,32). The third-order valence-corrected chi connectivity index (χ3v) is 7.34. The van der Waals surface area contributed by atoms with Crippen LogP contribution in [0.25, 0.3) is 16.5 Å². The first kappa shape index (κ1) is 21.4. The molecular weight excluding hydrogens is 394 g/mol. The maximum Gasteiger partial charge on any atom is 0.225 e. The van der Waals surface area contributed by atoms with Gasteiger partial charge in [-0.15, -0.1) is 6.58 Å². The zero-order valence-corrected chi connectivity index (χ0v) is 19.2. The van der Waals surface area contributed by atoms with E-state index in [-0.39, 0.29) is 0 Å². The van der Waals surface area contributed by atoms with Crippen LogP contribution < -0.4 is 16.0 Å². The van der Waals surface area contributed by atoms with Gasteiger partial charge in [0.2, 0.25) is 5.95 Å². The average Bonchev–Trinajstić information content (AvgIpc) is 3.69. The van der Waals surface area contributed by atoms with Crippen LogP contribution in [-0.2, 0) is 0 Å². The third kappa shape index (κ3) is 4.98. The van der Waals surface area contributed by atoms with E-state index in [9.17, 15) is 0 Å². The molecule has 0 radical (unpaired) electrons. The van der Waals surface area contributed by atoms with Crippen LogP contribution in [-0.4, -0.2) is 35.6 Å². The molecule has 1 atom stereocenters. The van der Waals surface area contributed by atoms with Gasteiger partial charge in [-0.1, -0.05) is 43.5 Å². The summed E-state index contributed by atoms with van der Waals surface area (Å²) >= 11 is 0. The van der Waals surface area contributed by atoms with Gasteiger partial charge >= 0.3 is 0 Å². The summed E-state index contributed by atoms with van der Waals surface area (Å²) in [6.07, 6.45) is 15.7. The van der Waals surface area contributed by atoms with E-state index in [0.717, 1.165) is 67.0 Å². The minimum absolute atomic E-state index is 0.401. The molecular formula is C27H37N5. The van der Waals surface area contributed by atoms with Gasteiger partial charge < -0.3 is 16.0 Å². The van der Waals surface area contributed by atoms with Crippen molar-refractivity contribution in [2.45, 2.75) is 63.8 Å². The van der Waals surface area contributed by atoms with Crippen LogP contribution in [0.3, 0.4) is 0 Å². The molecule has 2 saturated carbocycles. The molecule has 2 aromatic rings. The molecule has 3 N–H and O–H groups in total. The number of nitrogens with one attached hydrogen (secondary N) is 3. The molecule has 0 bridgehead atoms. The summed E-state index contributed by atoms with van der Waals surface area (Å²) in [7, 11) is 0. The fourth-order valence-corrected chi connectivity index (χ4v) is 5.32. The van der Waals surface area contributed by atoms with Gasteiger partial charge in [-0.2, -0.15) is 4.98 Å². The molecule has 3 aliphatic rings. The van der Waals surface area contributed by atoms with Crippen molar-refractivity contribution in [1.82, 2.24) is 15.3 Å². The maximum absolute atomic E-state index is 5.07. The second kappa shape index (κ2) is 10.0. The van der Waals surface area contributed by atoms with Crippen molar-refractivity contribution < 1.29 is 0 Å². The number of para-hydroxylation sites is 1. The molecule has 1 aromatic carbocycles. The van der Waals surface area contributed by atoms with Gasteiger partial charge in [-0.3, -0.25) is 0 Å². The molecule has 5 rings (SSSR count). The summed E-state index contributed by atoms with van der Waals surface area (Å²) in [4.78, 5) is 10.1. The lowest BCUT2D eigenvalue weighted by Gasteiger charge is -2.23. The summed E-state index contributed by atoms with van der Waals surface area (Å²) in [6.45, 7) is 6.91. The van der Waals surface area contributed by atoms with Crippen molar-refractivity contribution in [3.05, 3.63) is 42.5 Å². The summed E-state index contributed by atoms with van der Waals surface area (Å²) in [5, 5.41) is 12.0. The molecule has 170 valence electrons. The van der Waals surface area contributed by atoms with Crippen molar-refractivity contribution in [2.75, 3.05) is 30.3 Å². The Kier molecular flexibility index (Phi) is 6.72. The van der Waals surface area contributed by atoms with E-state index < -0.39 is 0 Å². The molecule has 32 heavy (non-hydrogen) atoms. The number of benzene rings is 1. The molecule has 2 fully saturated rings. The molecule has 5 nitrogen and oxygen atoms in total. The Morgan fingerprint density at radius 1 is 1.12 bits per heavy atom. The Bertz CT molecular complexity index is 971. The minimum Gasteiger partial charge on any atom is -0.366 e. The van der Waals surface area contributed by atoms with Crippen LogP contribution >= 0.6 is 0 Å². The second-order valence-electron chi connectivity index (χ2n) is 9.78. The van der Waals surface area contributed by atoms with Gasteiger partial charge in [0.15, 0.2) is 0 Å². The zero-order chi connectivity index (χ0) is 21.8. The predicted molar refractivity (Wildman–Crippen MR) is 135 cm³/mol. The lowest BCUT2D eigenvalue weighted by Crippen LogP contribution is -2.23. The molecule has 0 amide bonds. The first-order chi connectivity index (χ1) is 15.8. The quantitative estimate of drug-likeness (QED) is 0.440. The summed E-state index contributed by atoms with van der Waals surface area (Å²) < 4.78 is 0. The maximum atomic E-state index is 5.07. The number of fused-ring (bicyclic) bond motifs is 1. The predicted octanol–water partition coefficient (Wildman–Crippen LogP) is 5.77. The first-order valence-electron chi connectivity index (χ1n) is 12.6. The Morgan fingerprint density at radius 2 is 2.00 bits per heavy atom. The highest BCUT2D eigenvalue weighted by atomic mass is 15.2. The number of aromatic nitrogens is 2. The highest BCUT2D eigenvalue weighted by Crippen LogP contribution is 2.37. The Hall–Kier alpha value is -2.40. The molecule has 5 heteroatoms. The van der Waals surface area contributed by atoms with Gasteiger partial charge in [-0.25, -0.2) is 4.98 Å². The lowest BCUT2D eigenvalue weighted by molar-refractivity contribution is 0.373. The normalized spacial score (nSPS) is 20.6. The Morgan fingerprint density at radius 3 is 2.75 bits per heavy atom. The number of hydrogen-bond donors (Lipinski definition) is 3. The van der Waals surface area contributed by atoms with Gasteiger partial charge in [-0.05, 0) is 68.5 Å². The number of anilines is 2. The molecule has 1 unspecified atom stereocenters. The molecule has 0 spiro atoms. The van der Waals surface area contributed by atoms with E-state index in [4.69, 9.17) is 9.97 Å². The van der Waals surface area contributed by atoms with Crippen molar-refractivity contribution in [3.63, 3.8) is 0 Å². The van der Waals surface area contributed by atoms with Crippen molar-refractivity contribution in [2.24, 2.45) is 11.8 Å². The van der Waals surface area contributed by atoms with Crippen LogP contribution in [0.2, 0.25) is 0 Å². The fraction of sp³-hybridized carbons (Fsp3) is 0.556. The summed E-state index contributed by atoms with van der Waals surface area (Å²) in [5.41, 5.74) is 3.71. The molecule has 1 aromatic heterocycles. The van der Waals surface area contributed by atoms with Gasteiger partial charge in [0.05, 0.1) is 5.52 Å². The van der Waals surface area contributed by atoms with Gasteiger partial charge in [0, 0.05) is 30.1 Å². The largest absolute Gasteiger partial charge is 0.366 e. The van der Waals surface area contributed by atoms with Crippen molar-refractivity contribution >= 4 is 28.2 Å². The van der Waals surface area contributed by atoms with E-state index in [1.807, 2.05) is 6.08 Å². The molecule has 0 saturated heterocycles. The third-order valence-electron chi connectivity index (χ3n) is 7.34. The number of rotatable bonds is 9. The first-order valence-corrected chi connectivity index (χ1v) is 12.6. The second-order valence-corrected chi connectivity index (χ2v) is 9.78. The van der Waals surface area contributed by atoms with Crippen molar-refractivity contribution in [1.29, 1.82) is 0 Å².